The number of amides is 1. The van der Waals surface area contributed by atoms with Crippen molar-refractivity contribution in [3.63, 3.8) is 0 Å². The molecule has 0 fully saturated rings. The van der Waals surface area contributed by atoms with Crippen LogP contribution in [0.3, 0.4) is 0 Å². The van der Waals surface area contributed by atoms with Crippen LogP contribution in [0, 0.1) is 0 Å². The van der Waals surface area contributed by atoms with E-state index in [0.717, 1.165) is 11.3 Å². The maximum Gasteiger partial charge on any atom is 0.220 e. The van der Waals surface area contributed by atoms with Gasteiger partial charge in [0.15, 0.2) is 11.7 Å². The van der Waals surface area contributed by atoms with Gasteiger partial charge in [-0.1, -0.05) is 41.4 Å². The van der Waals surface area contributed by atoms with Crippen LogP contribution in [-0.2, 0) is 17.8 Å². The minimum Gasteiger partial charge on any atom is -0.441 e. The van der Waals surface area contributed by atoms with E-state index in [0.29, 0.717) is 40.2 Å². The smallest absolute Gasteiger partial charge is 0.220 e. The molecular weight excluding hydrogens is 423 g/mol. The highest BCUT2D eigenvalue weighted by Crippen LogP contribution is 2.30. The number of aryl methyl sites for hydroxylation is 1. The van der Waals surface area contributed by atoms with Crippen LogP contribution in [0.25, 0.3) is 17.0 Å². The van der Waals surface area contributed by atoms with Gasteiger partial charge in [0, 0.05) is 41.7 Å². The van der Waals surface area contributed by atoms with Gasteiger partial charge in [0.2, 0.25) is 5.91 Å². The molecule has 4 rings (SSSR count). The van der Waals surface area contributed by atoms with Crippen molar-refractivity contribution in [3.05, 3.63) is 88.6 Å². The summed E-state index contributed by atoms with van der Waals surface area (Å²) in [4.78, 5) is 16.4. The van der Waals surface area contributed by atoms with Crippen LogP contribution in [0.5, 0.6) is 0 Å². The third kappa shape index (κ3) is 4.90. The Labute approximate surface area is 183 Å². The number of nitrogens with zero attached hydrogens (tertiary/aromatic N) is 3. The number of para-hydroxylation sites is 1. The third-order valence-corrected chi connectivity index (χ3v) is 5.01. The Morgan fingerprint density at radius 2 is 1.93 bits per heavy atom. The van der Waals surface area contributed by atoms with Crippen molar-refractivity contribution < 1.29 is 9.21 Å². The fourth-order valence-corrected chi connectivity index (χ4v) is 3.42. The zero-order valence-corrected chi connectivity index (χ0v) is 17.4. The second kappa shape index (κ2) is 9.15. The zero-order chi connectivity index (χ0) is 20.9. The summed E-state index contributed by atoms with van der Waals surface area (Å²) in [6.07, 6.45) is 5.89. The summed E-state index contributed by atoms with van der Waals surface area (Å²) >= 11 is 12.1. The molecule has 1 N–H and O–H groups in total. The molecule has 2 heterocycles. The van der Waals surface area contributed by atoms with E-state index in [9.17, 15) is 4.79 Å². The molecule has 152 valence electrons. The summed E-state index contributed by atoms with van der Waals surface area (Å²) in [6, 6.07) is 15.0. The van der Waals surface area contributed by atoms with Crippen molar-refractivity contribution in [2.75, 3.05) is 0 Å². The molecule has 0 unspecified atom stereocenters. The van der Waals surface area contributed by atoms with E-state index < -0.39 is 0 Å². The number of aromatic nitrogens is 3. The van der Waals surface area contributed by atoms with Gasteiger partial charge in [-0.05, 0) is 30.3 Å². The average molecular weight is 441 g/mol. The van der Waals surface area contributed by atoms with E-state index in [1.807, 2.05) is 36.5 Å². The van der Waals surface area contributed by atoms with Crippen LogP contribution in [0.1, 0.15) is 17.9 Å². The van der Waals surface area contributed by atoms with Crippen LogP contribution in [0.15, 0.2) is 71.5 Å². The Bertz CT molecular complexity index is 1150. The molecule has 0 radical (unpaired) electrons. The predicted molar refractivity (Wildman–Crippen MR) is 116 cm³/mol. The fourth-order valence-electron chi connectivity index (χ4n) is 2.92. The molecule has 1 amide bonds. The van der Waals surface area contributed by atoms with Gasteiger partial charge >= 0.3 is 0 Å². The highest BCUT2D eigenvalue weighted by Gasteiger charge is 2.12. The minimum absolute atomic E-state index is 0.0910. The molecule has 4 aromatic rings. The highest BCUT2D eigenvalue weighted by molar-refractivity contribution is 6.36. The number of hydrogen-bond acceptors (Lipinski definition) is 4. The zero-order valence-electron chi connectivity index (χ0n) is 15.9. The quantitative estimate of drug-likeness (QED) is 0.434. The summed E-state index contributed by atoms with van der Waals surface area (Å²) in [5, 5.41) is 8.25. The molecule has 0 aliphatic rings. The molecule has 0 saturated heterocycles. The van der Waals surface area contributed by atoms with Gasteiger partial charge in [-0.25, -0.2) is 9.67 Å². The van der Waals surface area contributed by atoms with E-state index in [2.05, 4.69) is 15.4 Å². The van der Waals surface area contributed by atoms with Crippen molar-refractivity contribution in [2.24, 2.45) is 0 Å². The lowest BCUT2D eigenvalue weighted by Crippen LogP contribution is -2.22. The number of oxazole rings is 1. The van der Waals surface area contributed by atoms with Crippen molar-refractivity contribution in [2.45, 2.75) is 19.4 Å². The lowest BCUT2D eigenvalue weighted by Gasteiger charge is -2.03. The molecule has 2 aromatic heterocycles. The Balaban J connectivity index is 1.28. The first-order valence-electron chi connectivity index (χ1n) is 9.34. The Kier molecular flexibility index (Phi) is 6.16. The molecule has 0 saturated carbocycles. The minimum atomic E-state index is -0.0910. The Morgan fingerprint density at radius 3 is 2.73 bits per heavy atom. The molecule has 0 aliphatic heterocycles. The first-order valence-corrected chi connectivity index (χ1v) is 10.1. The summed E-state index contributed by atoms with van der Waals surface area (Å²) in [5.41, 5.74) is 2.60. The summed E-state index contributed by atoms with van der Waals surface area (Å²) in [6.45, 7) is 0.406. The summed E-state index contributed by atoms with van der Waals surface area (Å²) in [7, 11) is 0. The molecule has 2 aromatic carbocycles. The predicted octanol–water partition coefficient (Wildman–Crippen LogP) is 5.08. The number of rotatable bonds is 7. The van der Waals surface area contributed by atoms with Crippen molar-refractivity contribution >= 4 is 29.1 Å². The topological polar surface area (TPSA) is 73.0 Å². The van der Waals surface area contributed by atoms with Gasteiger partial charge in [-0.3, -0.25) is 4.79 Å². The fraction of sp³-hybridized carbons (Fsp3) is 0.136. The highest BCUT2D eigenvalue weighted by atomic mass is 35.5. The number of halogens is 2. The third-order valence-electron chi connectivity index (χ3n) is 4.46. The second-order valence-corrected chi connectivity index (χ2v) is 7.49. The lowest BCUT2D eigenvalue weighted by molar-refractivity contribution is -0.121. The van der Waals surface area contributed by atoms with Crippen LogP contribution < -0.4 is 5.32 Å². The maximum absolute atomic E-state index is 12.2. The first-order chi connectivity index (χ1) is 14.6. The monoisotopic (exact) mass is 440 g/mol. The van der Waals surface area contributed by atoms with E-state index in [-0.39, 0.29) is 12.3 Å². The van der Waals surface area contributed by atoms with Gasteiger partial charge in [-0.2, -0.15) is 5.10 Å². The van der Waals surface area contributed by atoms with E-state index >= 15 is 0 Å². The van der Waals surface area contributed by atoms with Gasteiger partial charge in [0.25, 0.3) is 0 Å². The summed E-state index contributed by atoms with van der Waals surface area (Å²) < 4.78 is 7.50. The van der Waals surface area contributed by atoms with Crippen LogP contribution in [0.2, 0.25) is 10.0 Å². The van der Waals surface area contributed by atoms with Crippen LogP contribution in [-0.4, -0.2) is 20.7 Å². The molecule has 0 bridgehead atoms. The second-order valence-electron chi connectivity index (χ2n) is 6.65. The van der Waals surface area contributed by atoms with Gasteiger partial charge in [0.1, 0.15) is 0 Å². The average Bonchev–Trinajstić information content (AvgIpc) is 3.41. The maximum atomic E-state index is 12.2. The lowest BCUT2D eigenvalue weighted by atomic mass is 10.2. The molecular formula is C22H18Cl2N4O2. The van der Waals surface area contributed by atoms with Crippen molar-refractivity contribution in [3.8, 4) is 17.0 Å². The molecule has 0 aliphatic carbocycles. The molecule has 6 nitrogen and oxygen atoms in total. The van der Waals surface area contributed by atoms with Crippen LogP contribution >= 0.6 is 23.2 Å². The summed E-state index contributed by atoms with van der Waals surface area (Å²) in [5.74, 6) is 0.926. The Hall–Kier alpha value is -3.09. The largest absolute Gasteiger partial charge is 0.441 e. The number of benzene rings is 2. The SMILES string of the molecule is O=C(CCc1ncc(-c2ccc(Cl)cc2Cl)o1)NCc1cnn(-c2ccccc2)c1. The number of carbonyl (C=O) groups is 1. The molecule has 0 spiro atoms. The standard InChI is InChI=1S/C22H18Cl2N4O2/c23-16-6-7-18(19(24)10-16)20-13-26-22(30-20)9-8-21(29)25-11-15-12-27-28(14-15)17-4-2-1-3-5-17/h1-7,10,12-14H,8-9,11H2,(H,25,29). The van der Waals surface area contributed by atoms with E-state index in [1.165, 1.54) is 0 Å². The number of nitrogens with one attached hydrogen (secondary N) is 1. The van der Waals surface area contributed by atoms with Gasteiger partial charge in [0.05, 0.1) is 23.1 Å². The van der Waals surface area contributed by atoms with Gasteiger partial charge in [-0.15, -0.1) is 0 Å². The van der Waals surface area contributed by atoms with E-state index in [1.54, 1.807) is 35.3 Å². The molecule has 30 heavy (non-hydrogen) atoms. The van der Waals surface area contributed by atoms with Crippen molar-refractivity contribution in [1.29, 1.82) is 0 Å². The Morgan fingerprint density at radius 1 is 1.10 bits per heavy atom. The van der Waals surface area contributed by atoms with Crippen LogP contribution in [0.4, 0.5) is 0 Å². The molecule has 0 atom stereocenters. The number of hydrogen-bond donors (Lipinski definition) is 1. The van der Waals surface area contributed by atoms with Gasteiger partial charge < -0.3 is 9.73 Å². The molecule has 8 heteroatoms. The number of carbonyl (C=O) groups excluding carboxylic acids is 1. The van der Waals surface area contributed by atoms with Crippen molar-refractivity contribution in [1.82, 2.24) is 20.1 Å². The first kappa shape index (κ1) is 20.2. The van der Waals surface area contributed by atoms with E-state index in [4.69, 9.17) is 27.6 Å². The normalized spacial score (nSPS) is 10.9.